The van der Waals surface area contributed by atoms with Crippen LogP contribution >= 0.6 is 0 Å². The Morgan fingerprint density at radius 3 is 2.11 bits per heavy atom. The number of ether oxygens (including phenoxy) is 1. The van der Waals surface area contributed by atoms with Crippen molar-refractivity contribution in [1.82, 2.24) is 0 Å². The average Bonchev–Trinajstić information content (AvgIpc) is 2.70. The smallest absolute Gasteiger partial charge is 0.279 e. The van der Waals surface area contributed by atoms with Crippen LogP contribution in [0.5, 0.6) is 5.75 Å². The molecular weight excluding hydrogens is 354 g/mol. The number of benzene rings is 2. The highest BCUT2D eigenvalue weighted by molar-refractivity contribution is 5.95. The Hall–Kier alpha value is -2.70. The van der Waals surface area contributed by atoms with Gasteiger partial charge in [-0.25, -0.2) is 0 Å². The van der Waals surface area contributed by atoms with E-state index in [1.54, 1.807) is 36.3 Å². The molecule has 1 amide bonds. The summed E-state index contributed by atoms with van der Waals surface area (Å²) in [6, 6.07) is 15.3. The summed E-state index contributed by atoms with van der Waals surface area (Å²) >= 11 is 0. The zero-order valence-electron chi connectivity index (χ0n) is 16.6. The molecule has 0 aliphatic carbocycles. The SMILES string of the molecule is COc1ccc(C[NH+]2CC[NH+](CC(=O)Nc3ccc(C(C)=O)cc3)CC2)cc1. The summed E-state index contributed by atoms with van der Waals surface area (Å²) in [4.78, 5) is 26.5. The van der Waals surface area contributed by atoms with Crippen molar-refractivity contribution >= 4 is 17.4 Å². The quantitative estimate of drug-likeness (QED) is 0.582. The Kier molecular flexibility index (Phi) is 6.79. The first kappa shape index (κ1) is 20.0. The van der Waals surface area contributed by atoms with Crippen LogP contribution in [0.25, 0.3) is 0 Å². The summed E-state index contributed by atoms with van der Waals surface area (Å²) in [5.41, 5.74) is 2.70. The molecule has 0 spiro atoms. The number of hydrogen-bond acceptors (Lipinski definition) is 3. The molecule has 6 heteroatoms. The largest absolute Gasteiger partial charge is 0.497 e. The lowest BCUT2D eigenvalue weighted by atomic mass is 10.1. The highest BCUT2D eigenvalue weighted by Gasteiger charge is 2.24. The maximum absolute atomic E-state index is 12.3. The Bertz CT molecular complexity index is 795. The predicted molar refractivity (Wildman–Crippen MR) is 108 cm³/mol. The molecule has 2 aromatic rings. The van der Waals surface area contributed by atoms with Crippen LogP contribution in [0.2, 0.25) is 0 Å². The molecule has 0 atom stereocenters. The Morgan fingerprint density at radius 2 is 1.54 bits per heavy atom. The van der Waals surface area contributed by atoms with E-state index in [0.717, 1.165) is 44.2 Å². The first-order valence-electron chi connectivity index (χ1n) is 9.74. The molecule has 6 nitrogen and oxygen atoms in total. The summed E-state index contributed by atoms with van der Waals surface area (Å²) in [7, 11) is 1.68. The van der Waals surface area contributed by atoms with Gasteiger partial charge in [0.05, 0.1) is 7.11 Å². The van der Waals surface area contributed by atoms with Crippen LogP contribution in [0.15, 0.2) is 48.5 Å². The van der Waals surface area contributed by atoms with E-state index in [2.05, 4.69) is 17.4 Å². The van der Waals surface area contributed by atoms with E-state index in [-0.39, 0.29) is 11.7 Å². The molecule has 0 saturated carbocycles. The summed E-state index contributed by atoms with van der Waals surface area (Å²) in [5, 5.41) is 2.93. The van der Waals surface area contributed by atoms with Crippen molar-refractivity contribution in [3.05, 3.63) is 59.7 Å². The highest BCUT2D eigenvalue weighted by Crippen LogP contribution is 2.10. The van der Waals surface area contributed by atoms with Gasteiger partial charge in [0, 0.05) is 16.8 Å². The summed E-state index contributed by atoms with van der Waals surface area (Å²) in [5.74, 6) is 0.927. The topological polar surface area (TPSA) is 64.3 Å². The molecule has 148 valence electrons. The third-order valence-electron chi connectivity index (χ3n) is 5.26. The molecule has 1 aliphatic rings. The minimum atomic E-state index is 0.0178. The molecule has 1 saturated heterocycles. The summed E-state index contributed by atoms with van der Waals surface area (Å²) in [6.07, 6.45) is 0. The summed E-state index contributed by atoms with van der Waals surface area (Å²) in [6.45, 7) is 7.11. The molecule has 1 aliphatic heterocycles. The molecule has 0 aromatic heterocycles. The van der Waals surface area contributed by atoms with Gasteiger partial charge in [-0.3, -0.25) is 9.59 Å². The molecule has 1 heterocycles. The Labute approximate surface area is 166 Å². The zero-order valence-corrected chi connectivity index (χ0v) is 16.6. The number of nitrogens with one attached hydrogen (secondary N) is 3. The monoisotopic (exact) mass is 383 g/mol. The van der Waals surface area contributed by atoms with Gasteiger partial charge in [-0.05, 0) is 55.5 Å². The van der Waals surface area contributed by atoms with Crippen LogP contribution in [0.3, 0.4) is 0 Å². The molecule has 0 bridgehead atoms. The van der Waals surface area contributed by atoms with Gasteiger partial charge in [0.25, 0.3) is 5.91 Å². The first-order chi connectivity index (χ1) is 13.5. The number of Topliss-reactive ketones (excluding diaryl/α,β-unsaturated/α-hetero) is 1. The van der Waals surface area contributed by atoms with Crippen molar-refractivity contribution < 1.29 is 24.1 Å². The van der Waals surface area contributed by atoms with Gasteiger partial charge >= 0.3 is 0 Å². The number of amides is 1. The van der Waals surface area contributed by atoms with E-state index in [4.69, 9.17) is 4.74 Å². The number of carbonyl (C=O) groups excluding carboxylic acids is 2. The molecule has 0 radical (unpaired) electrons. The third kappa shape index (κ3) is 5.65. The highest BCUT2D eigenvalue weighted by atomic mass is 16.5. The average molecular weight is 383 g/mol. The maximum atomic E-state index is 12.3. The van der Waals surface area contributed by atoms with E-state index in [9.17, 15) is 9.59 Å². The Balaban J connectivity index is 1.41. The van der Waals surface area contributed by atoms with Gasteiger partial charge in [0.15, 0.2) is 12.3 Å². The molecule has 3 N–H and O–H groups in total. The van der Waals surface area contributed by atoms with Crippen LogP contribution in [0.4, 0.5) is 5.69 Å². The third-order valence-corrected chi connectivity index (χ3v) is 5.26. The molecule has 28 heavy (non-hydrogen) atoms. The molecule has 3 rings (SSSR count). The number of methoxy groups -OCH3 is 1. The van der Waals surface area contributed by atoms with Crippen LogP contribution in [0, 0.1) is 0 Å². The number of carbonyl (C=O) groups is 2. The van der Waals surface area contributed by atoms with Gasteiger partial charge in [-0.2, -0.15) is 0 Å². The second-order valence-electron chi connectivity index (χ2n) is 7.38. The summed E-state index contributed by atoms with van der Waals surface area (Å²) < 4.78 is 5.21. The minimum Gasteiger partial charge on any atom is -0.497 e. The van der Waals surface area contributed by atoms with Crippen molar-refractivity contribution in [3.63, 3.8) is 0 Å². The van der Waals surface area contributed by atoms with Crippen molar-refractivity contribution in [3.8, 4) is 5.75 Å². The number of rotatable bonds is 7. The van der Waals surface area contributed by atoms with Gasteiger partial charge < -0.3 is 19.9 Å². The second kappa shape index (κ2) is 9.48. The minimum absolute atomic E-state index is 0.0178. The second-order valence-corrected chi connectivity index (χ2v) is 7.38. The van der Waals surface area contributed by atoms with Crippen LogP contribution in [-0.2, 0) is 11.3 Å². The van der Waals surface area contributed by atoms with Gasteiger partial charge in [0.2, 0.25) is 0 Å². The Morgan fingerprint density at radius 1 is 0.929 bits per heavy atom. The fourth-order valence-electron chi connectivity index (χ4n) is 3.56. The van der Waals surface area contributed by atoms with Gasteiger partial charge in [-0.1, -0.05) is 0 Å². The maximum Gasteiger partial charge on any atom is 0.279 e. The normalized spacial score (nSPS) is 19.1. The van der Waals surface area contributed by atoms with E-state index >= 15 is 0 Å². The van der Waals surface area contributed by atoms with Crippen LogP contribution in [0.1, 0.15) is 22.8 Å². The van der Waals surface area contributed by atoms with Crippen molar-refractivity contribution in [2.75, 3.05) is 45.2 Å². The lowest BCUT2D eigenvalue weighted by Gasteiger charge is -2.29. The van der Waals surface area contributed by atoms with E-state index < -0.39 is 0 Å². The number of hydrogen-bond donors (Lipinski definition) is 3. The van der Waals surface area contributed by atoms with Crippen LogP contribution in [-0.4, -0.2) is 51.5 Å². The van der Waals surface area contributed by atoms with Crippen molar-refractivity contribution in [2.24, 2.45) is 0 Å². The van der Waals surface area contributed by atoms with Gasteiger partial charge in [0.1, 0.15) is 38.5 Å². The lowest BCUT2D eigenvalue weighted by Crippen LogP contribution is -3.28. The van der Waals surface area contributed by atoms with Gasteiger partial charge in [-0.15, -0.1) is 0 Å². The predicted octanol–water partition coefficient (Wildman–Crippen LogP) is -0.180. The van der Waals surface area contributed by atoms with Crippen molar-refractivity contribution in [2.45, 2.75) is 13.5 Å². The molecule has 0 unspecified atom stereocenters. The van der Waals surface area contributed by atoms with E-state index in [0.29, 0.717) is 12.1 Å². The molecule has 1 fully saturated rings. The first-order valence-corrected chi connectivity index (χ1v) is 9.74. The van der Waals surface area contributed by atoms with E-state index in [1.807, 2.05) is 12.1 Å². The fraction of sp³-hybridized carbons (Fsp3) is 0.364. The van der Waals surface area contributed by atoms with E-state index in [1.165, 1.54) is 17.4 Å². The molecular formula is C22H29N3O3+2. The standard InChI is InChI=1S/C22H27N3O3/c1-17(26)19-5-7-20(8-6-19)23-22(27)16-25-13-11-24(12-14-25)15-18-3-9-21(28-2)10-4-18/h3-10H,11-16H2,1-2H3,(H,23,27)/p+2. The number of quaternary nitrogens is 2. The number of anilines is 1. The fourth-order valence-corrected chi connectivity index (χ4v) is 3.56. The zero-order chi connectivity index (χ0) is 19.9. The van der Waals surface area contributed by atoms with Crippen molar-refractivity contribution in [1.29, 1.82) is 0 Å². The number of ketones is 1. The molecule has 2 aromatic carbocycles. The van der Waals surface area contributed by atoms with Crippen LogP contribution < -0.4 is 19.9 Å². The number of piperazine rings is 1. The lowest BCUT2D eigenvalue weighted by molar-refractivity contribution is -1.02.